The Morgan fingerprint density at radius 1 is 1.13 bits per heavy atom. The van der Waals surface area contributed by atoms with Gasteiger partial charge >= 0.3 is 0 Å². The first-order valence-electron chi connectivity index (χ1n) is 4.45. The molecule has 0 saturated heterocycles. The van der Waals surface area contributed by atoms with Crippen molar-refractivity contribution in [1.82, 2.24) is 20.0 Å². The van der Waals surface area contributed by atoms with E-state index in [1.807, 2.05) is 24.3 Å². The number of tetrazole rings is 1. The first-order chi connectivity index (χ1) is 7.34. The number of nitrogens with zero attached hydrogens (tertiary/aromatic N) is 4. The number of benzene rings is 1. The molecule has 0 N–H and O–H groups in total. The van der Waals surface area contributed by atoms with Gasteiger partial charge in [0.2, 0.25) is 11.1 Å². The van der Waals surface area contributed by atoms with E-state index in [0.717, 1.165) is 10.8 Å². The first-order valence-corrected chi connectivity index (χ1v) is 4.45. The highest BCUT2D eigenvalue weighted by Gasteiger charge is 2.01. The molecule has 2 heterocycles. The molecule has 0 fully saturated rings. The van der Waals surface area contributed by atoms with Crippen LogP contribution in [0.2, 0.25) is 0 Å². The lowest BCUT2D eigenvalue weighted by molar-refractivity contribution is 0.826. The fourth-order valence-corrected chi connectivity index (χ4v) is 1.54. The summed E-state index contributed by atoms with van der Waals surface area (Å²) in [6.45, 7) is 0. The Hall–Kier alpha value is -2.30. The van der Waals surface area contributed by atoms with Crippen molar-refractivity contribution >= 4 is 16.4 Å². The van der Waals surface area contributed by atoms with Gasteiger partial charge in [-0.1, -0.05) is 24.3 Å². The van der Waals surface area contributed by atoms with Gasteiger partial charge in [0.05, 0.1) is 0 Å². The molecular formula is C10H6N4O. The molecule has 0 aliphatic carbocycles. The van der Waals surface area contributed by atoms with Crippen molar-refractivity contribution < 1.29 is 0 Å². The summed E-state index contributed by atoms with van der Waals surface area (Å²) in [5.74, 6) is 0. The van der Waals surface area contributed by atoms with Crippen molar-refractivity contribution in [2.45, 2.75) is 0 Å². The molecule has 0 atom stereocenters. The van der Waals surface area contributed by atoms with Crippen LogP contribution in [0.15, 0.2) is 41.3 Å². The average Bonchev–Trinajstić information content (AvgIpc) is 2.64. The van der Waals surface area contributed by atoms with Crippen molar-refractivity contribution in [3.63, 3.8) is 0 Å². The molecule has 0 amide bonds. The Morgan fingerprint density at radius 2 is 1.93 bits per heavy atom. The molecular weight excluding hydrogens is 192 g/mol. The Morgan fingerprint density at radius 3 is 2.80 bits per heavy atom. The topological polar surface area (TPSA) is 60.2 Å². The lowest BCUT2D eigenvalue weighted by atomic mass is 10.2. The number of fused-ring (bicyclic) bond motifs is 2. The summed E-state index contributed by atoms with van der Waals surface area (Å²) in [4.78, 5) is 11.7. The predicted molar refractivity (Wildman–Crippen MR) is 54.6 cm³/mol. The van der Waals surface area contributed by atoms with E-state index < -0.39 is 0 Å². The number of hydrogen-bond donors (Lipinski definition) is 0. The normalized spacial score (nSPS) is 10.9. The van der Waals surface area contributed by atoms with Crippen LogP contribution in [0.25, 0.3) is 16.4 Å². The highest BCUT2D eigenvalue weighted by molar-refractivity contribution is 5.81. The second-order valence-electron chi connectivity index (χ2n) is 3.21. The Labute approximate surface area is 84.0 Å². The molecule has 1 aromatic carbocycles. The third-order valence-electron chi connectivity index (χ3n) is 2.26. The Balaban J connectivity index is 2.67. The fraction of sp³-hybridized carbons (Fsp3) is 0. The van der Waals surface area contributed by atoms with Crippen molar-refractivity contribution in [2.75, 3.05) is 0 Å². The maximum Gasteiger partial charge on any atom is 0.226 e. The minimum Gasteiger partial charge on any atom is -0.286 e. The molecule has 0 aliphatic rings. The standard InChI is InChI=1S/C10H6N4O/c15-9-5-7-3-1-2-4-8(7)6-14-10(9)11-12-13-14/h1-6H. The van der Waals surface area contributed by atoms with E-state index in [1.165, 1.54) is 4.52 Å². The molecule has 2 aromatic heterocycles. The minimum absolute atomic E-state index is 0.179. The van der Waals surface area contributed by atoms with E-state index in [1.54, 1.807) is 12.3 Å². The van der Waals surface area contributed by atoms with Gasteiger partial charge in [0.25, 0.3) is 0 Å². The minimum atomic E-state index is -0.179. The summed E-state index contributed by atoms with van der Waals surface area (Å²) in [5, 5.41) is 12.7. The van der Waals surface area contributed by atoms with Crippen LogP contribution in [0.1, 0.15) is 0 Å². The van der Waals surface area contributed by atoms with Gasteiger partial charge in [-0.3, -0.25) is 4.79 Å². The largest absolute Gasteiger partial charge is 0.286 e. The van der Waals surface area contributed by atoms with Crippen LogP contribution < -0.4 is 5.43 Å². The zero-order valence-electron chi connectivity index (χ0n) is 7.66. The second-order valence-corrected chi connectivity index (χ2v) is 3.21. The quantitative estimate of drug-likeness (QED) is 0.531. The summed E-state index contributed by atoms with van der Waals surface area (Å²) in [5.41, 5.74) is 0.0624. The molecule has 0 radical (unpaired) electrons. The van der Waals surface area contributed by atoms with Crippen LogP contribution >= 0.6 is 0 Å². The van der Waals surface area contributed by atoms with Crippen LogP contribution in [-0.4, -0.2) is 20.0 Å². The van der Waals surface area contributed by atoms with Gasteiger partial charge in [-0.15, -0.1) is 5.10 Å². The molecule has 3 rings (SSSR count). The molecule has 15 heavy (non-hydrogen) atoms. The zero-order valence-corrected chi connectivity index (χ0v) is 7.66. The van der Waals surface area contributed by atoms with Gasteiger partial charge in [0.1, 0.15) is 0 Å². The van der Waals surface area contributed by atoms with Crippen LogP contribution in [0.4, 0.5) is 0 Å². The average molecular weight is 198 g/mol. The lowest BCUT2D eigenvalue weighted by Crippen LogP contribution is -1.99. The van der Waals surface area contributed by atoms with E-state index in [4.69, 9.17) is 0 Å². The predicted octanol–water partition coefficient (Wildman–Crippen LogP) is 0.638. The van der Waals surface area contributed by atoms with Gasteiger partial charge in [0.15, 0.2) is 0 Å². The van der Waals surface area contributed by atoms with Gasteiger partial charge < -0.3 is 0 Å². The van der Waals surface area contributed by atoms with E-state index in [0.29, 0.717) is 0 Å². The number of hydrogen-bond acceptors (Lipinski definition) is 4. The Bertz CT molecular complexity index is 704. The smallest absolute Gasteiger partial charge is 0.226 e. The molecule has 0 bridgehead atoms. The van der Waals surface area contributed by atoms with E-state index in [-0.39, 0.29) is 11.1 Å². The second kappa shape index (κ2) is 2.84. The molecule has 72 valence electrons. The van der Waals surface area contributed by atoms with Crippen molar-refractivity contribution in [1.29, 1.82) is 0 Å². The highest BCUT2D eigenvalue weighted by Crippen LogP contribution is 2.09. The van der Waals surface area contributed by atoms with Gasteiger partial charge in [-0.2, -0.15) is 4.52 Å². The van der Waals surface area contributed by atoms with Crippen molar-refractivity contribution in [3.05, 3.63) is 46.8 Å². The summed E-state index contributed by atoms with van der Waals surface area (Å²) < 4.78 is 1.39. The summed E-state index contributed by atoms with van der Waals surface area (Å²) in [7, 11) is 0. The monoisotopic (exact) mass is 198 g/mol. The summed E-state index contributed by atoms with van der Waals surface area (Å²) in [6, 6.07) is 9.12. The van der Waals surface area contributed by atoms with Crippen molar-refractivity contribution in [2.24, 2.45) is 0 Å². The van der Waals surface area contributed by atoms with Gasteiger partial charge in [0, 0.05) is 11.6 Å². The van der Waals surface area contributed by atoms with E-state index >= 15 is 0 Å². The number of aromatic nitrogens is 4. The summed E-state index contributed by atoms with van der Waals surface area (Å²) in [6.07, 6.45) is 1.74. The number of rotatable bonds is 0. The van der Waals surface area contributed by atoms with Crippen LogP contribution in [0, 0.1) is 0 Å². The Kier molecular flexibility index (Phi) is 1.53. The summed E-state index contributed by atoms with van der Waals surface area (Å²) >= 11 is 0. The zero-order chi connectivity index (χ0) is 10.3. The molecule has 5 heteroatoms. The third kappa shape index (κ3) is 1.17. The maximum atomic E-state index is 11.7. The highest BCUT2D eigenvalue weighted by atomic mass is 16.1. The SMILES string of the molecule is O=c1cc2ccccc2cn2nnnc12. The van der Waals surface area contributed by atoms with E-state index in [2.05, 4.69) is 15.5 Å². The van der Waals surface area contributed by atoms with Crippen LogP contribution in [-0.2, 0) is 0 Å². The molecule has 3 aromatic rings. The van der Waals surface area contributed by atoms with Gasteiger partial charge in [-0.25, -0.2) is 0 Å². The maximum absolute atomic E-state index is 11.7. The van der Waals surface area contributed by atoms with Crippen molar-refractivity contribution in [3.8, 4) is 0 Å². The third-order valence-corrected chi connectivity index (χ3v) is 2.26. The molecule has 0 aliphatic heterocycles. The molecule has 0 saturated carbocycles. The molecule has 5 nitrogen and oxygen atoms in total. The first kappa shape index (κ1) is 8.05. The fourth-order valence-electron chi connectivity index (χ4n) is 1.54. The van der Waals surface area contributed by atoms with Gasteiger partial charge in [-0.05, 0) is 21.9 Å². The molecule has 0 unspecified atom stereocenters. The van der Waals surface area contributed by atoms with Crippen LogP contribution in [0.3, 0.4) is 0 Å². The van der Waals surface area contributed by atoms with Crippen LogP contribution in [0.5, 0.6) is 0 Å². The lowest BCUT2D eigenvalue weighted by Gasteiger charge is -1.87. The molecule has 0 spiro atoms. The van der Waals surface area contributed by atoms with E-state index in [9.17, 15) is 4.79 Å².